The molecule has 0 aromatic rings. The molecule has 2 nitrogen and oxygen atoms in total. The summed E-state index contributed by atoms with van der Waals surface area (Å²) in [5.41, 5.74) is 0.543. The molecule has 2 saturated carbocycles. The zero-order chi connectivity index (χ0) is 10.0. The van der Waals surface area contributed by atoms with E-state index in [1.165, 1.54) is 38.5 Å². The van der Waals surface area contributed by atoms with Gasteiger partial charge in [0, 0.05) is 12.5 Å². The van der Waals surface area contributed by atoms with Gasteiger partial charge >= 0.3 is 0 Å². The van der Waals surface area contributed by atoms with Crippen molar-refractivity contribution in [3.63, 3.8) is 0 Å². The molecule has 2 aliphatic rings. The van der Waals surface area contributed by atoms with Crippen LogP contribution in [0.5, 0.6) is 0 Å². The van der Waals surface area contributed by atoms with Crippen LogP contribution in [0.15, 0.2) is 0 Å². The monoisotopic (exact) mass is 195 g/mol. The summed E-state index contributed by atoms with van der Waals surface area (Å²) >= 11 is 0. The van der Waals surface area contributed by atoms with Crippen molar-refractivity contribution < 1.29 is 4.79 Å². The van der Waals surface area contributed by atoms with Gasteiger partial charge < -0.3 is 5.32 Å². The summed E-state index contributed by atoms with van der Waals surface area (Å²) in [6.45, 7) is 2.06. The van der Waals surface area contributed by atoms with Crippen molar-refractivity contribution >= 4 is 5.91 Å². The molecule has 2 heteroatoms. The summed E-state index contributed by atoms with van der Waals surface area (Å²) in [5, 5.41) is 3.18. The predicted octanol–water partition coefficient (Wildman–Crippen LogP) is 2.63. The largest absolute Gasteiger partial charge is 0.353 e. The summed E-state index contributed by atoms with van der Waals surface area (Å²) in [7, 11) is 0. The predicted molar refractivity (Wildman–Crippen MR) is 57.0 cm³/mol. The van der Waals surface area contributed by atoms with E-state index in [9.17, 15) is 4.79 Å². The van der Waals surface area contributed by atoms with E-state index in [0.29, 0.717) is 17.9 Å². The maximum absolute atomic E-state index is 11.4. The van der Waals surface area contributed by atoms with E-state index in [0.717, 1.165) is 6.42 Å². The highest BCUT2D eigenvalue weighted by Gasteiger charge is 2.54. The van der Waals surface area contributed by atoms with Crippen molar-refractivity contribution in [2.45, 2.75) is 64.3 Å². The Labute approximate surface area is 86.5 Å². The fraction of sp³-hybridized carbons (Fsp3) is 0.917. The molecule has 2 fully saturated rings. The second kappa shape index (κ2) is 3.92. The third-order valence-corrected chi connectivity index (χ3v) is 3.85. The standard InChI is InChI=1S/C12H21NO/c1-2-6-11(14)13-10-9-12(10)7-4-3-5-8-12/h10H,2-9H2,1H3,(H,13,14). The Morgan fingerprint density at radius 2 is 2.07 bits per heavy atom. The highest BCUT2D eigenvalue weighted by Crippen LogP contribution is 2.56. The van der Waals surface area contributed by atoms with Crippen LogP contribution < -0.4 is 5.32 Å². The van der Waals surface area contributed by atoms with E-state index in [1.54, 1.807) is 0 Å². The number of carbonyl (C=O) groups excluding carboxylic acids is 1. The van der Waals surface area contributed by atoms with E-state index in [2.05, 4.69) is 12.2 Å². The number of hydrogen-bond acceptors (Lipinski definition) is 1. The van der Waals surface area contributed by atoms with Gasteiger partial charge in [0.15, 0.2) is 0 Å². The summed E-state index contributed by atoms with van der Waals surface area (Å²) in [4.78, 5) is 11.4. The van der Waals surface area contributed by atoms with Crippen molar-refractivity contribution in [1.29, 1.82) is 0 Å². The molecule has 0 aromatic carbocycles. The van der Waals surface area contributed by atoms with Crippen LogP contribution in [0.25, 0.3) is 0 Å². The van der Waals surface area contributed by atoms with Crippen LogP contribution in [0.1, 0.15) is 58.3 Å². The molecule has 14 heavy (non-hydrogen) atoms. The molecular formula is C12H21NO. The van der Waals surface area contributed by atoms with Crippen LogP contribution in [-0.4, -0.2) is 11.9 Å². The molecule has 1 unspecified atom stereocenters. The van der Waals surface area contributed by atoms with Crippen LogP contribution in [0.4, 0.5) is 0 Å². The van der Waals surface area contributed by atoms with Crippen molar-refractivity contribution in [1.82, 2.24) is 5.32 Å². The molecule has 0 saturated heterocycles. The van der Waals surface area contributed by atoms with Gasteiger partial charge in [-0.3, -0.25) is 4.79 Å². The zero-order valence-electron chi connectivity index (χ0n) is 9.14. The molecule has 0 radical (unpaired) electrons. The maximum atomic E-state index is 11.4. The number of nitrogens with one attached hydrogen (secondary N) is 1. The van der Waals surface area contributed by atoms with E-state index >= 15 is 0 Å². The molecule has 2 aliphatic carbocycles. The maximum Gasteiger partial charge on any atom is 0.220 e. The average molecular weight is 195 g/mol. The molecule has 0 aliphatic heterocycles. The topological polar surface area (TPSA) is 29.1 Å². The lowest BCUT2D eigenvalue weighted by atomic mass is 9.86. The second-order valence-corrected chi connectivity index (χ2v) is 5.00. The summed E-state index contributed by atoms with van der Waals surface area (Å²) in [5.74, 6) is 0.264. The molecule has 1 N–H and O–H groups in total. The molecule has 0 heterocycles. The molecule has 0 aromatic heterocycles. The van der Waals surface area contributed by atoms with Crippen molar-refractivity contribution in [3.8, 4) is 0 Å². The second-order valence-electron chi connectivity index (χ2n) is 5.00. The lowest BCUT2D eigenvalue weighted by molar-refractivity contribution is -0.121. The van der Waals surface area contributed by atoms with Gasteiger partial charge in [0.1, 0.15) is 0 Å². The quantitative estimate of drug-likeness (QED) is 0.737. The normalized spacial score (nSPS) is 28.8. The van der Waals surface area contributed by atoms with Gasteiger partial charge in [-0.05, 0) is 31.1 Å². The van der Waals surface area contributed by atoms with E-state index in [1.807, 2.05) is 0 Å². The fourth-order valence-electron chi connectivity index (χ4n) is 2.85. The fourth-order valence-corrected chi connectivity index (χ4v) is 2.85. The Balaban J connectivity index is 1.77. The van der Waals surface area contributed by atoms with Crippen LogP contribution in [-0.2, 0) is 4.79 Å². The lowest BCUT2D eigenvalue weighted by Crippen LogP contribution is -2.30. The Kier molecular flexibility index (Phi) is 2.80. The number of carbonyl (C=O) groups is 1. The minimum Gasteiger partial charge on any atom is -0.353 e. The first-order valence-corrected chi connectivity index (χ1v) is 6.06. The first kappa shape index (κ1) is 10.0. The molecule has 1 spiro atoms. The minimum absolute atomic E-state index is 0.264. The summed E-state index contributed by atoms with van der Waals surface area (Å²) in [6.07, 6.45) is 9.77. The van der Waals surface area contributed by atoms with Gasteiger partial charge in [-0.2, -0.15) is 0 Å². The van der Waals surface area contributed by atoms with Gasteiger partial charge in [0.25, 0.3) is 0 Å². The highest BCUT2D eigenvalue weighted by molar-refractivity contribution is 5.76. The van der Waals surface area contributed by atoms with Crippen molar-refractivity contribution in [3.05, 3.63) is 0 Å². The van der Waals surface area contributed by atoms with E-state index in [4.69, 9.17) is 0 Å². The highest BCUT2D eigenvalue weighted by atomic mass is 16.1. The smallest absolute Gasteiger partial charge is 0.220 e. The molecule has 1 amide bonds. The van der Waals surface area contributed by atoms with Crippen molar-refractivity contribution in [2.24, 2.45) is 5.41 Å². The van der Waals surface area contributed by atoms with Crippen LogP contribution in [0.2, 0.25) is 0 Å². The number of amides is 1. The van der Waals surface area contributed by atoms with Crippen LogP contribution in [0, 0.1) is 5.41 Å². The third kappa shape index (κ3) is 1.94. The van der Waals surface area contributed by atoms with E-state index in [-0.39, 0.29) is 5.91 Å². The minimum atomic E-state index is 0.264. The molecule has 80 valence electrons. The van der Waals surface area contributed by atoms with Crippen molar-refractivity contribution in [2.75, 3.05) is 0 Å². The van der Waals surface area contributed by atoms with Gasteiger partial charge in [-0.15, -0.1) is 0 Å². The first-order chi connectivity index (χ1) is 6.77. The number of hydrogen-bond donors (Lipinski definition) is 1. The SMILES string of the molecule is CCCC(=O)NC1CC12CCCCC2. The van der Waals surface area contributed by atoms with Gasteiger partial charge in [-0.1, -0.05) is 26.2 Å². The summed E-state index contributed by atoms with van der Waals surface area (Å²) < 4.78 is 0. The lowest BCUT2D eigenvalue weighted by Gasteiger charge is -2.22. The van der Waals surface area contributed by atoms with Gasteiger partial charge in [-0.25, -0.2) is 0 Å². The Morgan fingerprint density at radius 1 is 1.36 bits per heavy atom. The first-order valence-electron chi connectivity index (χ1n) is 6.06. The van der Waals surface area contributed by atoms with Gasteiger partial charge in [0.2, 0.25) is 5.91 Å². The Bertz CT molecular complexity index is 218. The molecule has 2 rings (SSSR count). The summed E-state index contributed by atoms with van der Waals surface area (Å²) in [6, 6.07) is 0.529. The Hall–Kier alpha value is -0.530. The average Bonchev–Trinajstić information content (AvgIpc) is 2.79. The van der Waals surface area contributed by atoms with Crippen LogP contribution >= 0.6 is 0 Å². The molecule has 1 atom stereocenters. The van der Waals surface area contributed by atoms with E-state index < -0.39 is 0 Å². The van der Waals surface area contributed by atoms with Crippen LogP contribution in [0.3, 0.4) is 0 Å². The third-order valence-electron chi connectivity index (χ3n) is 3.85. The molecular weight excluding hydrogens is 174 g/mol. The zero-order valence-corrected chi connectivity index (χ0v) is 9.14. The number of rotatable bonds is 3. The van der Waals surface area contributed by atoms with Gasteiger partial charge in [0.05, 0.1) is 0 Å². The molecule has 0 bridgehead atoms. The Morgan fingerprint density at radius 3 is 2.71 bits per heavy atom.